The summed E-state index contributed by atoms with van der Waals surface area (Å²) in [5.74, 6) is -0.0490. The summed E-state index contributed by atoms with van der Waals surface area (Å²) in [6.07, 6.45) is 6.32. The van der Waals surface area contributed by atoms with Gasteiger partial charge in [-0.25, -0.2) is 9.67 Å². The Bertz CT molecular complexity index is 961. The van der Waals surface area contributed by atoms with Crippen molar-refractivity contribution < 1.29 is 9.53 Å². The second-order valence-electron chi connectivity index (χ2n) is 6.72. The van der Waals surface area contributed by atoms with Crippen LogP contribution in [-0.2, 0) is 11.3 Å². The van der Waals surface area contributed by atoms with E-state index in [1.165, 1.54) is 0 Å². The van der Waals surface area contributed by atoms with E-state index in [0.29, 0.717) is 25.4 Å². The fourth-order valence-electron chi connectivity index (χ4n) is 3.71. The lowest BCUT2D eigenvalue weighted by Crippen LogP contribution is -2.50. The molecule has 3 aromatic rings. The van der Waals surface area contributed by atoms with Crippen molar-refractivity contribution in [2.45, 2.75) is 32.1 Å². The van der Waals surface area contributed by atoms with Gasteiger partial charge < -0.3 is 14.0 Å². The van der Waals surface area contributed by atoms with Crippen molar-refractivity contribution in [1.29, 1.82) is 0 Å². The van der Waals surface area contributed by atoms with Gasteiger partial charge in [0.1, 0.15) is 11.3 Å². The smallest absolute Gasteiger partial charge is 0.274 e. The monoisotopic (exact) mass is 338 g/mol. The van der Waals surface area contributed by atoms with Crippen LogP contribution in [0.5, 0.6) is 0 Å². The number of aryl methyl sites for hydroxylation is 1. The number of imidazole rings is 1. The van der Waals surface area contributed by atoms with Gasteiger partial charge in [0.2, 0.25) is 0 Å². The molecule has 5 heterocycles. The highest BCUT2D eigenvalue weighted by atomic mass is 16.5. The van der Waals surface area contributed by atoms with Crippen molar-refractivity contribution >= 4 is 11.6 Å². The molecule has 8 heteroatoms. The first-order valence-electron chi connectivity index (χ1n) is 8.44. The van der Waals surface area contributed by atoms with E-state index < -0.39 is 0 Å². The van der Waals surface area contributed by atoms with Crippen LogP contribution in [0, 0.1) is 6.92 Å². The SMILES string of the molecule is Cc1ccn2cc(C(=O)N3CC[C@@H]4OCc5cnnn5[C@@H]4C3)nc2c1. The number of rotatable bonds is 1. The number of fused-ring (bicyclic) bond motifs is 4. The van der Waals surface area contributed by atoms with Crippen LogP contribution in [0.3, 0.4) is 0 Å². The Hall–Kier alpha value is -2.74. The molecule has 2 aliphatic rings. The molecule has 8 nitrogen and oxygen atoms in total. The quantitative estimate of drug-likeness (QED) is 0.667. The predicted molar refractivity (Wildman–Crippen MR) is 88.1 cm³/mol. The van der Waals surface area contributed by atoms with Crippen molar-refractivity contribution in [3.63, 3.8) is 0 Å². The summed E-state index contributed by atoms with van der Waals surface area (Å²) in [6, 6.07) is 3.99. The van der Waals surface area contributed by atoms with E-state index in [1.54, 1.807) is 12.4 Å². The molecule has 2 aliphatic heterocycles. The topological polar surface area (TPSA) is 77.5 Å². The Labute approximate surface area is 144 Å². The highest BCUT2D eigenvalue weighted by Gasteiger charge is 2.38. The van der Waals surface area contributed by atoms with Gasteiger partial charge in [-0.15, -0.1) is 5.10 Å². The van der Waals surface area contributed by atoms with Crippen molar-refractivity contribution in [3.8, 4) is 0 Å². The van der Waals surface area contributed by atoms with Crippen molar-refractivity contribution in [2.75, 3.05) is 13.1 Å². The summed E-state index contributed by atoms with van der Waals surface area (Å²) >= 11 is 0. The van der Waals surface area contributed by atoms with Gasteiger partial charge in [-0.1, -0.05) is 5.21 Å². The number of carbonyl (C=O) groups excluding carboxylic acids is 1. The van der Waals surface area contributed by atoms with E-state index in [9.17, 15) is 4.79 Å². The molecule has 3 aromatic heterocycles. The van der Waals surface area contributed by atoms with Crippen LogP contribution in [0.2, 0.25) is 0 Å². The largest absolute Gasteiger partial charge is 0.370 e. The molecule has 0 saturated carbocycles. The molecule has 0 aromatic carbocycles. The highest BCUT2D eigenvalue weighted by molar-refractivity contribution is 5.93. The molecular weight excluding hydrogens is 320 g/mol. The summed E-state index contributed by atoms with van der Waals surface area (Å²) in [4.78, 5) is 19.3. The van der Waals surface area contributed by atoms with Gasteiger partial charge in [-0.2, -0.15) is 0 Å². The third-order valence-corrected chi connectivity index (χ3v) is 5.05. The Morgan fingerprint density at radius 2 is 2.32 bits per heavy atom. The number of hydrogen-bond donors (Lipinski definition) is 0. The molecule has 5 rings (SSSR count). The predicted octanol–water partition coefficient (Wildman–Crippen LogP) is 1.22. The Morgan fingerprint density at radius 1 is 1.40 bits per heavy atom. The number of carbonyl (C=O) groups is 1. The maximum Gasteiger partial charge on any atom is 0.274 e. The molecule has 1 amide bonds. The zero-order valence-corrected chi connectivity index (χ0v) is 13.9. The first-order valence-corrected chi connectivity index (χ1v) is 8.44. The Balaban J connectivity index is 1.42. The molecule has 128 valence electrons. The lowest BCUT2D eigenvalue weighted by Gasteiger charge is -2.40. The maximum absolute atomic E-state index is 12.9. The third-order valence-electron chi connectivity index (χ3n) is 5.05. The number of aromatic nitrogens is 5. The van der Waals surface area contributed by atoms with Crippen LogP contribution in [0.4, 0.5) is 0 Å². The lowest BCUT2D eigenvalue weighted by atomic mass is 10.00. The molecular formula is C17H18N6O2. The molecule has 0 N–H and O–H groups in total. The molecule has 0 unspecified atom stereocenters. The molecule has 0 radical (unpaired) electrons. The lowest BCUT2D eigenvalue weighted by molar-refractivity contribution is -0.0605. The number of piperidine rings is 1. The molecule has 1 fully saturated rings. The van der Waals surface area contributed by atoms with E-state index >= 15 is 0 Å². The molecule has 0 bridgehead atoms. The Morgan fingerprint density at radius 3 is 3.24 bits per heavy atom. The van der Waals surface area contributed by atoms with E-state index in [2.05, 4.69) is 15.3 Å². The van der Waals surface area contributed by atoms with Crippen molar-refractivity contribution in [2.24, 2.45) is 0 Å². The molecule has 25 heavy (non-hydrogen) atoms. The summed E-state index contributed by atoms with van der Waals surface area (Å²) in [5, 5.41) is 8.15. The number of hydrogen-bond acceptors (Lipinski definition) is 5. The fraction of sp³-hybridized carbons (Fsp3) is 0.412. The van der Waals surface area contributed by atoms with E-state index in [1.807, 2.05) is 39.2 Å². The van der Waals surface area contributed by atoms with Crippen LogP contribution in [-0.4, -0.2) is 54.4 Å². The second kappa shape index (κ2) is 5.38. The first-order chi connectivity index (χ1) is 12.2. The first kappa shape index (κ1) is 14.6. The molecule has 2 atom stereocenters. The van der Waals surface area contributed by atoms with Gasteiger partial charge in [-0.05, 0) is 31.0 Å². The number of likely N-dealkylation sites (tertiary alicyclic amines) is 1. The van der Waals surface area contributed by atoms with Crippen LogP contribution in [0.25, 0.3) is 5.65 Å². The van der Waals surface area contributed by atoms with Gasteiger partial charge in [0.15, 0.2) is 0 Å². The average Bonchev–Trinajstić information content (AvgIpc) is 3.26. The normalized spacial score (nSPS) is 22.7. The average molecular weight is 338 g/mol. The van der Waals surface area contributed by atoms with E-state index in [-0.39, 0.29) is 18.1 Å². The standard InChI is InChI=1S/C17H18N6O2/c1-11-2-4-21-8-13(19-16(21)6-11)17(24)22-5-3-15-14(9-22)23-12(10-25-15)7-18-20-23/h2,4,6-8,14-15H,3,5,9-10H2,1H3/t14-,15+/m1/s1. The fourth-order valence-corrected chi connectivity index (χ4v) is 3.71. The van der Waals surface area contributed by atoms with Crippen molar-refractivity contribution in [1.82, 2.24) is 29.3 Å². The van der Waals surface area contributed by atoms with Gasteiger partial charge in [-0.3, -0.25) is 4.79 Å². The zero-order chi connectivity index (χ0) is 17.0. The summed E-state index contributed by atoms with van der Waals surface area (Å²) in [5.41, 5.74) is 3.34. The second-order valence-corrected chi connectivity index (χ2v) is 6.72. The van der Waals surface area contributed by atoms with Gasteiger partial charge >= 0.3 is 0 Å². The minimum atomic E-state index is -0.0490. The summed E-state index contributed by atoms with van der Waals surface area (Å²) < 4.78 is 9.69. The summed E-state index contributed by atoms with van der Waals surface area (Å²) in [7, 11) is 0. The highest BCUT2D eigenvalue weighted by Crippen LogP contribution is 2.30. The van der Waals surface area contributed by atoms with E-state index in [4.69, 9.17) is 4.74 Å². The van der Waals surface area contributed by atoms with Gasteiger partial charge in [0, 0.05) is 25.5 Å². The van der Waals surface area contributed by atoms with Crippen LogP contribution in [0.1, 0.15) is 34.2 Å². The summed E-state index contributed by atoms with van der Waals surface area (Å²) in [6.45, 7) is 3.78. The van der Waals surface area contributed by atoms with Crippen molar-refractivity contribution in [3.05, 3.63) is 47.7 Å². The minimum Gasteiger partial charge on any atom is -0.370 e. The van der Waals surface area contributed by atoms with Gasteiger partial charge in [0.05, 0.1) is 30.6 Å². The number of pyridine rings is 1. The number of nitrogens with zero attached hydrogens (tertiary/aromatic N) is 6. The molecule has 0 spiro atoms. The van der Waals surface area contributed by atoms with Crippen LogP contribution in [0.15, 0.2) is 30.7 Å². The van der Waals surface area contributed by atoms with E-state index in [0.717, 1.165) is 23.3 Å². The minimum absolute atomic E-state index is 0.0169. The third kappa shape index (κ3) is 2.32. The molecule has 1 saturated heterocycles. The zero-order valence-electron chi connectivity index (χ0n) is 13.9. The molecule has 0 aliphatic carbocycles. The number of ether oxygens (including phenoxy) is 1. The maximum atomic E-state index is 12.9. The number of amides is 1. The Kier molecular flexibility index (Phi) is 3.14. The van der Waals surface area contributed by atoms with Crippen LogP contribution < -0.4 is 0 Å². The van der Waals surface area contributed by atoms with Gasteiger partial charge in [0.25, 0.3) is 5.91 Å². The van der Waals surface area contributed by atoms with Crippen LogP contribution >= 0.6 is 0 Å².